The molecular weight excluding hydrogens is 295 g/mol. The van der Waals surface area contributed by atoms with E-state index in [0.717, 1.165) is 16.9 Å². The largest absolute Gasteiger partial charge is 0.376 e. The van der Waals surface area contributed by atoms with Crippen LogP contribution in [-0.2, 0) is 4.79 Å². The van der Waals surface area contributed by atoms with Gasteiger partial charge < -0.3 is 10.6 Å². The molecule has 5 heteroatoms. The highest BCUT2D eigenvalue weighted by Gasteiger charge is 2.04. The first kappa shape index (κ1) is 14.7. The van der Waals surface area contributed by atoms with Gasteiger partial charge in [0.25, 0.3) is 0 Å². The fourth-order valence-electron chi connectivity index (χ4n) is 1.72. The van der Waals surface area contributed by atoms with Gasteiger partial charge in [0, 0.05) is 11.4 Å². The Labute approximate surface area is 127 Å². The van der Waals surface area contributed by atoms with Crippen molar-refractivity contribution in [1.82, 2.24) is 0 Å². The van der Waals surface area contributed by atoms with Crippen LogP contribution >= 0.6 is 23.2 Å². The van der Waals surface area contributed by atoms with Crippen molar-refractivity contribution in [1.29, 1.82) is 0 Å². The van der Waals surface area contributed by atoms with Gasteiger partial charge in [0.2, 0.25) is 5.91 Å². The lowest BCUT2D eigenvalue weighted by Gasteiger charge is -2.09. The minimum absolute atomic E-state index is 0.123. The Morgan fingerprint density at radius 2 is 1.85 bits per heavy atom. The van der Waals surface area contributed by atoms with Gasteiger partial charge in [-0.3, -0.25) is 4.79 Å². The molecule has 0 bridgehead atoms. The van der Waals surface area contributed by atoms with E-state index >= 15 is 0 Å². The molecule has 0 aromatic heterocycles. The molecular formula is C15H14Cl2N2O. The maximum absolute atomic E-state index is 11.8. The average Bonchev–Trinajstić information content (AvgIpc) is 2.40. The monoisotopic (exact) mass is 308 g/mol. The predicted octanol–water partition coefficient (Wildman–Crippen LogP) is 4.35. The van der Waals surface area contributed by atoms with Crippen molar-refractivity contribution in [3.63, 3.8) is 0 Å². The molecule has 1 amide bonds. The summed E-state index contributed by atoms with van der Waals surface area (Å²) >= 11 is 11.7. The van der Waals surface area contributed by atoms with Crippen molar-refractivity contribution in [2.75, 3.05) is 17.2 Å². The number of nitrogens with one attached hydrogen (secondary N) is 2. The number of carbonyl (C=O) groups is 1. The van der Waals surface area contributed by atoms with Crippen molar-refractivity contribution in [2.24, 2.45) is 0 Å². The number of hydrogen-bond acceptors (Lipinski definition) is 2. The summed E-state index contributed by atoms with van der Waals surface area (Å²) in [6, 6.07) is 12.8. The quantitative estimate of drug-likeness (QED) is 0.881. The van der Waals surface area contributed by atoms with Crippen LogP contribution in [0.15, 0.2) is 42.5 Å². The molecule has 2 N–H and O–H groups in total. The molecule has 0 unspecified atom stereocenters. The molecule has 0 aliphatic rings. The first-order chi connectivity index (χ1) is 9.54. The maximum atomic E-state index is 11.8. The van der Waals surface area contributed by atoms with Gasteiger partial charge in [0.05, 0.1) is 16.6 Å². The van der Waals surface area contributed by atoms with Crippen molar-refractivity contribution in [2.45, 2.75) is 6.92 Å². The molecule has 2 rings (SSSR count). The van der Waals surface area contributed by atoms with E-state index in [-0.39, 0.29) is 12.5 Å². The normalized spacial score (nSPS) is 10.2. The van der Waals surface area contributed by atoms with Gasteiger partial charge in [-0.05, 0) is 42.8 Å². The molecule has 20 heavy (non-hydrogen) atoms. The molecule has 0 atom stereocenters. The maximum Gasteiger partial charge on any atom is 0.243 e. The first-order valence-corrected chi connectivity index (χ1v) is 6.85. The van der Waals surface area contributed by atoms with E-state index in [4.69, 9.17) is 23.2 Å². The Hall–Kier alpha value is -1.71. The van der Waals surface area contributed by atoms with Gasteiger partial charge >= 0.3 is 0 Å². The summed E-state index contributed by atoms with van der Waals surface area (Å²) < 4.78 is 0. The second-order valence-electron chi connectivity index (χ2n) is 4.40. The summed E-state index contributed by atoms with van der Waals surface area (Å²) in [5, 5.41) is 6.75. The van der Waals surface area contributed by atoms with Crippen molar-refractivity contribution in [3.8, 4) is 0 Å². The summed E-state index contributed by atoms with van der Waals surface area (Å²) in [6.45, 7) is 2.13. The summed E-state index contributed by atoms with van der Waals surface area (Å²) in [5.74, 6) is -0.123. The lowest BCUT2D eigenvalue weighted by atomic mass is 10.2. The zero-order valence-electron chi connectivity index (χ0n) is 10.9. The molecule has 0 heterocycles. The summed E-state index contributed by atoms with van der Waals surface area (Å²) in [7, 11) is 0. The molecule has 0 aliphatic carbocycles. The van der Waals surface area contributed by atoms with E-state index in [9.17, 15) is 4.79 Å². The van der Waals surface area contributed by atoms with Crippen molar-refractivity contribution < 1.29 is 4.79 Å². The van der Waals surface area contributed by atoms with Crippen LogP contribution in [0.5, 0.6) is 0 Å². The molecule has 104 valence electrons. The molecule has 0 saturated heterocycles. The number of rotatable bonds is 4. The molecule has 3 nitrogen and oxygen atoms in total. The van der Waals surface area contributed by atoms with E-state index in [1.807, 2.05) is 31.2 Å². The van der Waals surface area contributed by atoms with E-state index in [2.05, 4.69) is 10.6 Å². The Bertz CT molecular complexity index is 629. The Balaban J connectivity index is 1.90. The molecule has 2 aromatic carbocycles. The SMILES string of the molecule is Cc1cccc(NC(=O)CNc2ccc(Cl)c(Cl)c2)c1. The van der Waals surface area contributed by atoms with Gasteiger partial charge in [-0.15, -0.1) is 0 Å². The topological polar surface area (TPSA) is 41.1 Å². The fraction of sp³-hybridized carbons (Fsp3) is 0.133. The Morgan fingerprint density at radius 3 is 2.55 bits per heavy atom. The van der Waals surface area contributed by atoms with Crippen LogP contribution < -0.4 is 10.6 Å². The summed E-state index contributed by atoms with van der Waals surface area (Å²) in [4.78, 5) is 11.8. The minimum atomic E-state index is -0.123. The third kappa shape index (κ3) is 4.15. The fourth-order valence-corrected chi connectivity index (χ4v) is 2.01. The number of carbonyl (C=O) groups excluding carboxylic acids is 1. The smallest absolute Gasteiger partial charge is 0.243 e. The number of halogens is 2. The second-order valence-corrected chi connectivity index (χ2v) is 5.21. The Kier molecular flexibility index (Phi) is 4.88. The lowest BCUT2D eigenvalue weighted by Crippen LogP contribution is -2.21. The number of anilines is 2. The zero-order valence-corrected chi connectivity index (χ0v) is 12.4. The zero-order chi connectivity index (χ0) is 14.5. The van der Waals surface area contributed by atoms with Crippen LogP contribution in [0.2, 0.25) is 10.0 Å². The molecule has 0 saturated carbocycles. The van der Waals surface area contributed by atoms with Gasteiger partial charge in [0.1, 0.15) is 0 Å². The van der Waals surface area contributed by atoms with E-state index < -0.39 is 0 Å². The third-order valence-corrected chi connectivity index (χ3v) is 3.41. The minimum Gasteiger partial charge on any atom is -0.376 e. The number of aryl methyl sites for hydroxylation is 1. The van der Waals surface area contributed by atoms with Gasteiger partial charge in [-0.1, -0.05) is 35.3 Å². The molecule has 0 radical (unpaired) electrons. The molecule has 0 fully saturated rings. The van der Waals surface area contributed by atoms with Gasteiger partial charge in [-0.25, -0.2) is 0 Å². The van der Waals surface area contributed by atoms with Crippen LogP contribution in [0, 0.1) is 6.92 Å². The van der Waals surface area contributed by atoms with Gasteiger partial charge in [0.15, 0.2) is 0 Å². The van der Waals surface area contributed by atoms with E-state index in [0.29, 0.717) is 10.0 Å². The van der Waals surface area contributed by atoms with Crippen molar-refractivity contribution in [3.05, 3.63) is 58.1 Å². The predicted molar refractivity (Wildman–Crippen MR) is 84.8 cm³/mol. The molecule has 0 spiro atoms. The summed E-state index contributed by atoms with van der Waals surface area (Å²) in [6.07, 6.45) is 0. The van der Waals surface area contributed by atoms with Crippen LogP contribution in [0.1, 0.15) is 5.56 Å². The van der Waals surface area contributed by atoms with Crippen LogP contribution in [0.4, 0.5) is 11.4 Å². The van der Waals surface area contributed by atoms with E-state index in [1.165, 1.54) is 0 Å². The Morgan fingerprint density at radius 1 is 1.05 bits per heavy atom. The van der Waals surface area contributed by atoms with Crippen molar-refractivity contribution >= 4 is 40.5 Å². The van der Waals surface area contributed by atoms with Crippen LogP contribution in [0.25, 0.3) is 0 Å². The molecule has 2 aromatic rings. The lowest BCUT2D eigenvalue weighted by molar-refractivity contribution is -0.114. The van der Waals surface area contributed by atoms with Crippen LogP contribution in [0.3, 0.4) is 0 Å². The highest BCUT2D eigenvalue weighted by atomic mass is 35.5. The standard InChI is InChI=1S/C15H14Cl2N2O/c1-10-3-2-4-12(7-10)19-15(20)9-18-11-5-6-13(16)14(17)8-11/h2-8,18H,9H2,1H3,(H,19,20). The highest BCUT2D eigenvalue weighted by molar-refractivity contribution is 6.42. The third-order valence-electron chi connectivity index (χ3n) is 2.67. The first-order valence-electron chi connectivity index (χ1n) is 6.10. The second kappa shape index (κ2) is 6.64. The van der Waals surface area contributed by atoms with Gasteiger partial charge in [-0.2, -0.15) is 0 Å². The number of hydrogen-bond donors (Lipinski definition) is 2. The number of benzene rings is 2. The summed E-state index contributed by atoms with van der Waals surface area (Å²) in [5.41, 5.74) is 2.63. The number of amides is 1. The highest BCUT2D eigenvalue weighted by Crippen LogP contribution is 2.24. The molecule has 0 aliphatic heterocycles. The van der Waals surface area contributed by atoms with E-state index in [1.54, 1.807) is 18.2 Å². The average molecular weight is 309 g/mol. The van der Waals surface area contributed by atoms with Crippen LogP contribution in [-0.4, -0.2) is 12.5 Å².